The van der Waals surface area contributed by atoms with Gasteiger partial charge in [-0.3, -0.25) is 0 Å². The Kier molecular flexibility index (Phi) is 5.95. The summed E-state index contributed by atoms with van der Waals surface area (Å²) < 4.78 is 38.7. The van der Waals surface area contributed by atoms with E-state index in [-0.39, 0.29) is 11.5 Å². The smallest absolute Gasteiger partial charge is 0.179 e. The first kappa shape index (κ1) is 21.0. The molecule has 0 amide bonds. The number of aromatic nitrogens is 2. The molecule has 0 saturated carbocycles. The summed E-state index contributed by atoms with van der Waals surface area (Å²) in [5, 5.41) is 5.05. The molecular formula is C21H20Cl2N2O4S. The predicted octanol–water partition coefficient (Wildman–Crippen LogP) is 4.76. The van der Waals surface area contributed by atoms with Gasteiger partial charge in [-0.15, -0.1) is 0 Å². The lowest BCUT2D eigenvalue weighted by atomic mass is 10.2. The number of benzene rings is 2. The van der Waals surface area contributed by atoms with Crippen LogP contribution in [0.4, 0.5) is 0 Å². The third kappa shape index (κ3) is 4.43. The molecule has 2 heterocycles. The number of sulfone groups is 1. The van der Waals surface area contributed by atoms with Crippen LogP contribution in [0.25, 0.3) is 5.69 Å². The number of rotatable bonds is 5. The predicted molar refractivity (Wildman–Crippen MR) is 117 cm³/mol. The average molecular weight is 467 g/mol. The Morgan fingerprint density at radius 2 is 1.80 bits per heavy atom. The van der Waals surface area contributed by atoms with Crippen LogP contribution < -0.4 is 9.47 Å². The highest BCUT2D eigenvalue weighted by Gasteiger charge is 2.23. The molecule has 158 valence electrons. The number of fused-ring (bicyclic) bond motifs is 1. The quantitative estimate of drug-likeness (QED) is 0.541. The monoisotopic (exact) mass is 466 g/mol. The molecule has 0 saturated heterocycles. The number of ether oxygens (including phenoxy) is 2. The summed E-state index contributed by atoms with van der Waals surface area (Å²) in [6, 6.07) is 12.6. The van der Waals surface area contributed by atoms with Crippen molar-refractivity contribution in [3.63, 3.8) is 0 Å². The van der Waals surface area contributed by atoms with Gasteiger partial charge in [0.05, 0.1) is 41.1 Å². The highest BCUT2D eigenvalue weighted by atomic mass is 35.5. The average Bonchev–Trinajstić information content (AvgIpc) is 2.87. The maximum absolute atomic E-state index is 13.0. The molecule has 4 rings (SSSR count). The molecule has 30 heavy (non-hydrogen) atoms. The van der Waals surface area contributed by atoms with Gasteiger partial charge in [0.1, 0.15) is 5.15 Å². The molecule has 9 heteroatoms. The van der Waals surface area contributed by atoms with Gasteiger partial charge >= 0.3 is 0 Å². The van der Waals surface area contributed by atoms with Gasteiger partial charge < -0.3 is 9.47 Å². The lowest BCUT2D eigenvalue weighted by Gasteiger charge is -2.12. The molecule has 0 bridgehead atoms. The van der Waals surface area contributed by atoms with Crippen LogP contribution in [0.3, 0.4) is 0 Å². The maximum Gasteiger partial charge on any atom is 0.179 e. The topological polar surface area (TPSA) is 70.4 Å². The lowest BCUT2D eigenvalue weighted by Crippen LogP contribution is -2.09. The first-order valence-electron chi connectivity index (χ1n) is 9.42. The fourth-order valence-electron chi connectivity index (χ4n) is 3.33. The SMILES string of the molecule is Cc1nn(-c2ccccc2)c(Cl)c1CS(=O)(=O)Cc1cc(Cl)c2c(c1)OCCCO2. The van der Waals surface area contributed by atoms with E-state index in [0.717, 1.165) is 12.1 Å². The van der Waals surface area contributed by atoms with Gasteiger partial charge in [0, 0.05) is 12.0 Å². The van der Waals surface area contributed by atoms with Crippen LogP contribution in [-0.2, 0) is 21.3 Å². The van der Waals surface area contributed by atoms with Crippen molar-refractivity contribution in [2.24, 2.45) is 0 Å². The second-order valence-corrected chi connectivity index (χ2v) is 9.92. The third-order valence-electron chi connectivity index (χ3n) is 4.74. The molecule has 0 atom stereocenters. The first-order valence-corrected chi connectivity index (χ1v) is 12.0. The highest BCUT2D eigenvalue weighted by Crippen LogP contribution is 2.38. The van der Waals surface area contributed by atoms with E-state index in [4.69, 9.17) is 32.7 Å². The molecule has 2 aromatic carbocycles. The summed E-state index contributed by atoms with van der Waals surface area (Å²) in [6.45, 7) is 2.75. The van der Waals surface area contributed by atoms with Crippen LogP contribution in [0.15, 0.2) is 42.5 Å². The van der Waals surface area contributed by atoms with Gasteiger partial charge in [-0.25, -0.2) is 13.1 Å². The minimum absolute atomic E-state index is 0.199. The molecule has 0 aliphatic carbocycles. The number of para-hydroxylation sites is 1. The Morgan fingerprint density at radius 1 is 1.07 bits per heavy atom. The van der Waals surface area contributed by atoms with Crippen molar-refractivity contribution < 1.29 is 17.9 Å². The molecule has 6 nitrogen and oxygen atoms in total. The molecular weight excluding hydrogens is 447 g/mol. The van der Waals surface area contributed by atoms with Crippen molar-refractivity contribution in [1.82, 2.24) is 9.78 Å². The zero-order chi connectivity index (χ0) is 21.3. The number of halogens is 2. The minimum atomic E-state index is -3.55. The third-order valence-corrected chi connectivity index (χ3v) is 6.91. The van der Waals surface area contributed by atoms with Crippen LogP contribution in [-0.4, -0.2) is 31.4 Å². The molecule has 1 aliphatic rings. The second-order valence-electron chi connectivity index (χ2n) is 7.09. The molecule has 1 aromatic heterocycles. The first-order chi connectivity index (χ1) is 14.3. The van der Waals surface area contributed by atoms with E-state index in [1.807, 2.05) is 30.3 Å². The second kappa shape index (κ2) is 8.49. The molecule has 0 N–H and O–H groups in total. The minimum Gasteiger partial charge on any atom is -0.489 e. The summed E-state index contributed by atoms with van der Waals surface area (Å²) in [5.41, 5.74) is 2.36. The summed E-state index contributed by atoms with van der Waals surface area (Å²) in [4.78, 5) is 0. The van der Waals surface area contributed by atoms with Crippen molar-refractivity contribution in [2.75, 3.05) is 13.2 Å². The normalized spacial score (nSPS) is 13.8. The Balaban J connectivity index is 1.60. The van der Waals surface area contributed by atoms with Crippen molar-refractivity contribution in [2.45, 2.75) is 24.9 Å². The Labute approximate surface area is 185 Å². The molecule has 0 unspecified atom stereocenters. The van der Waals surface area contributed by atoms with E-state index in [9.17, 15) is 8.42 Å². The summed E-state index contributed by atoms with van der Waals surface area (Å²) in [7, 11) is -3.55. The maximum atomic E-state index is 13.0. The highest BCUT2D eigenvalue weighted by molar-refractivity contribution is 7.89. The van der Waals surface area contributed by atoms with Crippen molar-refractivity contribution in [3.05, 3.63) is 69.5 Å². The van der Waals surface area contributed by atoms with Gasteiger partial charge in [-0.2, -0.15) is 5.10 Å². The summed E-state index contributed by atoms with van der Waals surface area (Å²) in [6.07, 6.45) is 0.738. The van der Waals surface area contributed by atoms with E-state index >= 15 is 0 Å². The largest absolute Gasteiger partial charge is 0.489 e. The number of hydrogen-bond donors (Lipinski definition) is 0. The van der Waals surface area contributed by atoms with Crippen LogP contribution in [0.5, 0.6) is 11.5 Å². The van der Waals surface area contributed by atoms with Crippen LogP contribution >= 0.6 is 23.2 Å². The number of aryl methyl sites for hydroxylation is 1. The molecule has 0 fully saturated rings. The van der Waals surface area contributed by atoms with Gasteiger partial charge in [-0.05, 0) is 36.8 Å². The number of nitrogens with zero attached hydrogens (tertiary/aromatic N) is 2. The Hall–Kier alpha value is -2.22. The van der Waals surface area contributed by atoms with E-state index in [2.05, 4.69) is 5.10 Å². The number of hydrogen-bond acceptors (Lipinski definition) is 5. The molecule has 3 aromatic rings. The molecule has 0 spiro atoms. The fourth-order valence-corrected chi connectivity index (χ4v) is 5.60. The zero-order valence-corrected chi connectivity index (χ0v) is 18.6. The van der Waals surface area contributed by atoms with E-state index in [0.29, 0.717) is 51.7 Å². The lowest BCUT2D eigenvalue weighted by molar-refractivity contribution is 0.297. The van der Waals surface area contributed by atoms with Gasteiger partial charge in [0.25, 0.3) is 0 Å². The molecule has 1 aliphatic heterocycles. The standard InChI is InChI=1S/C21H20Cl2N2O4S/c1-14-17(21(23)25(24-14)16-6-3-2-4-7-16)13-30(26,27)12-15-10-18(22)20-19(11-15)28-8-5-9-29-20/h2-4,6-7,10-11H,5,8-9,12-13H2,1H3. The van der Waals surface area contributed by atoms with Crippen LogP contribution in [0.2, 0.25) is 10.2 Å². The van der Waals surface area contributed by atoms with E-state index in [1.165, 1.54) is 0 Å². The van der Waals surface area contributed by atoms with E-state index in [1.54, 1.807) is 23.7 Å². The Bertz CT molecular complexity index is 1180. The Morgan fingerprint density at radius 3 is 2.57 bits per heavy atom. The zero-order valence-electron chi connectivity index (χ0n) is 16.3. The van der Waals surface area contributed by atoms with Crippen LogP contribution in [0, 0.1) is 6.92 Å². The van der Waals surface area contributed by atoms with Gasteiger partial charge in [-0.1, -0.05) is 41.4 Å². The van der Waals surface area contributed by atoms with Gasteiger partial charge in [0.15, 0.2) is 21.3 Å². The van der Waals surface area contributed by atoms with Gasteiger partial charge in [0.2, 0.25) is 0 Å². The van der Waals surface area contributed by atoms with Crippen molar-refractivity contribution >= 4 is 33.0 Å². The summed E-state index contributed by atoms with van der Waals surface area (Å²) in [5.74, 6) is 0.501. The summed E-state index contributed by atoms with van der Waals surface area (Å²) >= 11 is 12.8. The fraction of sp³-hybridized carbons (Fsp3) is 0.286. The van der Waals surface area contributed by atoms with E-state index < -0.39 is 9.84 Å². The van der Waals surface area contributed by atoms with Crippen molar-refractivity contribution in [3.8, 4) is 17.2 Å². The molecule has 0 radical (unpaired) electrons. The van der Waals surface area contributed by atoms with Crippen LogP contribution in [0.1, 0.15) is 23.2 Å². The van der Waals surface area contributed by atoms with Crippen molar-refractivity contribution in [1.29, 1.82) is 0 Å².